The molecule has 2 rings (SSSR count). The summed E-state index contributed by atoms with van der Waals surface area (Å²) in [6.07, 6.45) is 0.278. The first-order valence-corrected chi connectivity index (χ1v) is 6.90. The number of carbonyl (C=O) groups excluding carboxylic acids is 2. The van der Waals surface area contributed by atoms with E-state index >= 15 is 0 Å². The number of primary amides is 2. The van der Waals surface area contributed by atoms with Gasteiger partial charge in [-0.05, 0) is 18.2 Å². The van der Waals surface area contributed by atoms with Gasteiger partial charge in [0, 0.05) is 12.0 Å². The second-order valence-corrected chi connectivity index (χ2v) is 4.71. The Balaban J connectivity index is 2.38. The van der Waals surface area contributed by atoms with Crippen LogP contribution in [0.25, 0.3) is 11.3 Å². The Labute approximate surface area is 131 Å². The maximum absolute atomic E-state index is 12.2. The normalized spacial score (nSPS) is 10.3. The number of rotatable bonds is 7. The molecule has 1 heterocycles. The van der Waals surface area contributed by atoms with E-state index < -0.39 is 18.6 Å². The molecule has 122 valence electrons. The molecule has 8 heteroatoms. The van der Waals surface area contributed by atoms with Gasteiger partial charge in [-0.25, -0.2) is 4.79 Å². The number of halogens is 1. The van der Waals surface area contributed by atoms with Gasteiger partial charge < -0.3 is 21.2 Å². The van der Waals surface area contributed by atoms with Crippen LogP contribution in [0.15, 0.2) is 30.3 Å². The van der Waals surface area contributed by atoms with Crippen molar-refractivity contribution in [1.29, 1.82) is 0 Å². The van der Waals surface area contributed by atoms with Gasteiger partial charge in [-0.3, -0.25) is 14.5 Å². The van der Waals surface area contributed by atoms with Crippen LogP contribution in [0.5, 0.6) is 5.75 Å². The Morgan fingerprint density at radius 3 is 2.65 bits per heavy atom. The van der Waals surface area contributed by atoms with Crippen LogP contribution in [0.3, 0.4) is 0 Å². The van der Waals surface area contributed by atoms with Crippen molar-refractivity contribution in [3.63, 3.8) is 0 Å². The summed E-state index contributed by atoms with van der Waals surface area (Å²) in [4.78, 5) is 25.4. The Kier molecular flexibility index (Phi) is 5.19. The van der Waals surface area contributed by atoms with E-state index in [-0.39, 0.29) is 24.4 Å². The number of H-pyrrole nitrogens is 1. The van der Waals surface area contributed by atoms with Gasteiger partial charge in [-0.15, -0.1) is 0 Å². The highest BCUT2D eigenvalue weighted by molar-refractivity contribution is 6.03. The highest BCUT2D eigenvalue weighted by Crippen LogP contribution is 2.32. The van der Waals surface area contributed by atoms with Crippen molar-refractivity contribution in [3.05, 3.63) is 35.9 Å². The molecule has 0 spiro atoms. The average molecular weight is 320 g/mol. The zero-order valence-electron chi connectivity index (χ0n) is 12.3. The van der Waals surface area contributed by atoms with E-state index in [0.29, 0.717) is 17.0 Å². The number of alkyl halides is 1. The minimum atomic E-state index is -0.826. The number of benzene rings is 1. The third kappa shape index (κ3) is 4.00. The molecule has 0 bridgehead atoms. The van der Waals surface area contributed by atoms with Crippen molar-refractivity contribution >= 4 is 17.8 Å². The van der Waals surface area contributed by atoms with Crippen molar-refractivity contribution in [1.82, 2.24) is 4.98 Å². The van der Waals surface area contributed by atoms with Gasteiger partial charge in [0.1, 0.15) is 11.6 Å². The van der Waals surface area contributed by atoms with Crippen molar-refractivity contribution in [2.24, 2.45) is 11.5 Å². The predicted molar refractivity (Wildman–Crippen MR) is 84.0 cm³/mol. The molecule has 0 radical (unpaired) electrons. The standard InChI is InChI=1S/C15H17FN4O3/c16-6-3-7-23-12-5-2-1-4-9(12)11-8-10(13(17)21)14(19-11)20-15(18)22/h1-2,4-5,8,19H,3,6-7H2,(H2,17,21)(H3,18,20,22). The predicted octanol–water partition coefficient (Wildman–Crippen LogP) is 2.01. The van der Waals surface area contributed by atoms with Crippen LogP contribution in [0.2, 0.25) is 0 Å². The molecule has 7 nitrogen and oxygen atoms in total. The summed E-state index contributed by atoms with van der Waals surface area (Å²) in [5.41, 5.74) is 11.6. The first kappa shape index (κ1) is 16.3. The lowest BCUT2D eigenvalue weighted by Gasteiger charge is -2.09. The number of aromatic nitrogens is 1. The second-order valence-electron chi connectivity index (χ2n) is 4.71. The molecule has 3 amide bonds. The molecular formula is C15H17FN4O3. The van der Waals surface area contributed by atoms with Gasteiger partial charge in [0.25, 0.3) is 5.91 Å². The highest BCUT2D eigenvalue weighted by Gasteiger charge is 2.17. The van der Waals surface area contributed by atoms with E-state index in [2.05, 4.69) is 10.3 Å². The maximum Gasteiger partial charge on any atom is 0.317 e. The molecule has 6 N–H and O–H groups in total. The molecule has 0 fully saturated rings. The van der Waals surface area contributed by atoms with Crippen molar-refractivity contribution in [2.75, 3.05) is 18.6 Å². The number of nitrogens with two attached hydrogens (primary N) is 2. The van der Waals surface area contributed by atoms with E-state index in [1.54, 1.807) is 24.3 Å². The Morgan fingerprint density at radius 2 is 2.00 bits per heavy atom. The molecule has 23 heavy (non-hydrogen) atoms. The van der Waals surface area contributed by atoms with Crippen molar-refractivity contribution in [2.45, 2.75) is 6.42 Å². The third-order valence-electron chi connectivity index (χ3n) is 3.04. The molecular weight excluding hydrogens is 303 g/mol. The topological polar surface area (TPSA) is 123 Å². The van der Waals surface area contributed by atoms with E-state index in [4.69, 9.17) is 16.2 Å². The Morgan fingerprint density at radius 1 is 1.26 bits per heavy atom. The number of carbonyl (C=O) groups is 2. The van der Waals surface area contributed by atoms with Crippen molar-refractivity contribution in [3.8, 4) is 17.0 Å². The Bertz CT molecular complexity index is 714. The fourth-order valence-corrected chi connectivity index (χ4v) is 2.07. The molecule has 2 aromatic rings. The summed E-state index contributed by atoms with van der Waals surface area (Å²) in [6.45, 7) is -0.244. The number of hydrogen-bond acceptors (Lipinski definition) is 3. The van der Waals surface area contributed by atoms with Crippen LogP contribution in [-0.2, 0) is 0 Å². The van der Waals surface area contributed by atoms with Crippen LogP contribution < -0.4 is 21.5 Å². The van der Waals surface area contributed by atoms with E-state index in [1.165, 1.54) is 6.07 Å². The minimum absolute atomic E-state index is 0.0948. The lowest BCUT2D eigenvalue weighted by atomic mass is 10.1. The fraction of sp³-hybridized carbons (Fsp3) is 0.200. The van der Waals surface area contributed by atoms with Gasteiger partial charge in [-0.1, -0.05) is 12.1 Å². The smallest absolute Gasteiger partial charge is 0.317 e. The van der Waals surface area contributed by atoms with Gasteiger partial charge in [0.2, 0.25) is 0 Å². The van der Waals surface area contributed by atoms with Gasteiger partial charge in [0.05, 0.1) is 24.5 Å². The first-order chi connectivity index (χ1) is 11.0. The van der Waals surface area contributed by atoms with Crippen LogP contribution in [-0.4, -0.2) is 30.2 Å². The number of para-hydroxylation sites is 1. The SMILES string of the molecule is NC(=O)Nc1[nH]c(-c2ccccc2OCCCF)cc1C(N)=O. The molecule has 0 aliphatic carbocycles. The second kappa shape index (κ2) is 7.30. The minimum Gasteiger partial charge on any atom is -0.493 e. The number of urea groups is 1. The number of aromatic amines is 1. The number of nitrogens with one attached hydrogen (secondary N) is 2. The van der Waals surface area contributed by atoms with E-state index in [9.17, 15) is 14.0 Å². The van der Waals surface area contributed by atoms with Crippen LogP contribution in [0.4, 0.5) is 15.0 Å². The molecule has 0 aliphatic heterocycles. The number of amides is 3. The summed E-state index contributed by atoms with van der Waals surface area (Å²) in [7, 11) is 0. The lowest BCUT2D eigenvalue weighted by molar-refractivity contribution is 0.100. The van der Waals surface area contributed by atoms with Crippen molar-refractivity contribution < 1.29 is 18.7 Å². The quantitative estimate of drug-likeness (QED) is 0.583. The molecule has 0 saturated heterocycles. The van der Waals surface area contributed by atoms with Gasteiger partial charge >= 0.3 is 6.03 Å². The van der Waals surface area contributed by atoms with E-state index in [1.807, 2.05) is 0 Å². The third-order valence-corrected chi connectivity index (χ3v) is 3.04. The number of hydrogen-bond donors (Lipinski definition) is 4. The number of anilines is 1. The van der Waals surface area contributed by atoms with Crippen LogP contribution >= 0.6 is 0 Å². The molecule has 0 atom stereocenters. The summed E-state index contributed by atoms with van der Waals surface area (Å²) in [5, 5.41) is 2.31. The first-order valence-electron chi connectivity index (χ1n) is 6.90. The monoisotopic (exact) mass is 320 g/mol. The van der Waals surface area contributed by atoms with E-state index in [0.717, 1.165) is 0 Å². The summed E-state index contributed by atoms with van der Waals surface area (Å²) in [6, 6.07) is 7.70. The summed E-state index contributed by atoms with van der Waals surface area (Å²) in [5.74, 6) is -0.0884. The highest BCUT2D eigenvalue weighted by atomic mass is 19.1. The summed E-state index contributed by atoms with van der Waals surface area (Å²) >= 11 is 0. The molecule has 0 unspecified atom stereocenters. The lowest BCUT2D eigenvalue weighted by Crippen LogP contribution is -2.22. The average Bonchev–Trinajstić information content (AvgIpc) is 2.91. The fourth-order valence-electron chi connectivity index (χ4n) is 2.07. The maximum atomic E-state index is 12.2. The number of ether oxygens (including phenoxy) is 1. The molecule has 1 aromatic heterocycles. The zero-order valence-corrected chi connectivity index (χ0v) is 12.3. The molecule has 0 saturated carbocycles. The summed E-state index contributed by atoms with van der Waals surface area (Å²) < 4.78 is 17.7. The van der Waals surface area contributed by atoms with Crippen LogP contribution in [0.1, 0.15) is 16.8 Å². The van der Waals surface area contributed by atoms with Crippen LogP contribution in [0, 0.1) is 0 Å². The zero-order chi connectivity index (χ0) is 16.8. The Hall–Kier alpha value is -3.03. The van der Waals surface area contributed by atoms with Gasteiger partial charge in [0.15, 0.2) is 0 Å². The molecule has 1 aromatic carbocycles. The largest absolute Gasteiger partial charge is 0.493 e. The molecule has 0 aliphatic rings. The van der Waals surface area contributed by atoms with Gasteiger partial charge in [-0.2, -0.15) is 0 Å².